The van der Waals surface area contributed by atoms with Gasteiger partial charge in [-0.05, 0) is 59.2 Å². The Labute approximate surface area is 138 Å². The van der Waals surface area contributed by atoms with Crippen LogP contribution in [0.5, 0.6) is 0 Å². The molecule has 2 aromatic rings. The molecule has 1 fully saturated rings. The van der Waals surface area contributed by atoms with Crippen LogP contribution in [0.4, 0.5) is 0 Å². The van der Waals surface area contributed by atoms with Crippen LogP contribution < -0.4 is 0 Å². The molecule has 0 aliphatic carbocycles. The van der Waals surface area contributed by atoms with Crippen molar-refractivity contribution in [1.29, 1.82) is 0 Å². The third-order valence-electron chi connectivity index (χ3n) is 4.70. The molecule has 0 N–H and O–H groups in total. The van der Waals surface area contributed by atoms with Gasteiger partial charge in [-0.2, -0.15) is 5.10 Å². The first-order valence-electron chi connectivity index (χ1n) is 8.70. The highest BCUT2D eigenvalue weighted by molar-refractivity contribution is 5.54. The third kappa shape index (κ3) is 3.44. The first-order valence-corrected chi connectivity index (χ1v) is 8.70. The second kappa shape index (κ2) is 6.79. The highest BCUT2D eigenvalue weighted by Crippen LogP contribution is 2.27. The topological polar surface area (TPSA) is 46.8 Å². The number of nitrogens with zero attached hydrogens (tertiary/aromatic N) is 5. The van der Waals surface area contributed by atoms with Gasteiger partial charge >= 0.3 is 0 Å². The number of hydrogen-bond acceptors (Lipinski definition) is 4. The highest BCUT2D eigenvalue weighted by Gasteiger charge is 2.25. The SMILES string of the molecule is CCn1nccc1-c1cc(C)nc(C2CCCN(C(C)C)C2)n1. The number of piperidine rings is 1. The van der Waals surface area contributed by atoms with Crippen molar-refractivity contribution in [2.75, 3.05) is 13.1 Å². The molecule has 3 heterocycles. The lowest BCUT2D eigenvalue weighted by atomic mass is 9.96. The van der Waals surface area contributed by atoms with Crippen molar-refractivity contribution < 1.29 is 0 Å². The molecular weight excluding hydrogens is 286 g/mol. The number of hydrogen-bond donors (Lipinski definition) is 0. The van der Waals surface area contributed by atoms with Gasteiger partial charge in [-0.3, -0.25) is 4.68 Å². The minimum Gasteiger partial charge on any atom is -0.300 e. The first-order chi connectivity index (χ1) is 11.1. The summed E-state index contributed by atoms with van der Waals surface area (Å²) in [5.41, 5.74) is 3.11. The van der Waals surface area contributed by atoms with E-state index in [9.17, 15) is 0 Å². The lowest BCUT2D eigenvalue weighted by molar-refractivity contribution is 0.165. The molecule has 1 aliphatic rings. The summed E-state index contributed by atoms with van der Waals surface area (Å²) in [4.78, 5) is 12.2. The molecule has 0 radical (unpaired) electrons. The molecule has 1 atom stereocenters. The molecule has 124 valence electrons. The van der Waals surface area contributed by atoms with Crippen LogP contribution in [0.2, 0.25) is 0 Å². The summed E-state index contributed by atoms with van der Waals surface area (Å²) in [6.45, 7) is 11.8. The number of aryl methyl sites for hydroxylation is 2. The van der Waals surface area contributed by atoms with Crippen molar-refractivity contribution in [1.82, 2.24) is 24.6 Å². The molecule has 0 amide bonds. The molecule has 1 aliphatic heterocycles. The van der Waals surface area contributed by atoms with E-state index in [2.05, 4.69) is 43.8 Å². The number of likely N-dealkylation sites (tertiary alicyclic amines) is 1. The maximum absolute atomic E-state index is 4.90. The Hall–Kier alpha value is -1.75. The van der Waals surface area contributed by atoms with E-state index in [1.54, 1.807) is 0 Å². The summed E-state index contributed by atoms with van der Waals surface area (Å²) in [5, 5.41) is 4.37. The van der Waals surface area contributed by atoms with E-state index >= 15 is 0 Å². The van der Waals surface area contributed by atoms with E-state index in [0.29, 0.717) is 12.0 Å². The molecule has 0 bridgehead atoms. The van der Waals surface area contributed by atoms with Gasteiger partial charge in [-0.15, -0.1) is 0 Å². The predicted octanol–water partition coefficient (Wildman–Crippen LogP) is 3.26. The lowest BCUT2D eigenvalue weighted by Crippen LogP contribution is -2.39. The molecule has 3 rings (SSSR count). The summed E-state index contributed by atoms with van der Waals surface area (Å²) >= 11 is 0. The van der Waals surface area contributed by atoms with Gasteiger partial charge in [-0.1, -0.05) is 0 Å². The smallest absolute Gasteiger partial charge is 0.133 e. The Morgan fingerprint density at radius 2 is 2.13 bits per heavy atom. The van der Waals surface area contributed by atoms with E-state index in [0.717, 1.165) is 36.0 Å². The fourth-order valence-electron chi connectivity index (χ4n) is 3.39. The van der Waals surface area contributed by atoms with Crippen molar-refractivity contribution in [2.45, 2.75) is 59.0 Å². The van der Waals surface area contributed by atoms with Crippen LogP contribution in [-0.4, -0.2) is 43.8 Å². The molecular formula is C18H27N5. The monoisotopic (exact) mass is 313 g/mol. The number of aromatic nitrogens is 4. The zero-order chi connectivity index (χ0) is 16.4. The van der Waals surface area contributed by atoms with E-state index in [1.807, 2.05) is 16.9 Å². The van der Waals surface area contributed by atoms with Gasteiger partial charge in [0.05, 0.1) is 11.4 Å². The maximum atomic E-state index is 4.90. The van der Waals surface area contributed by atoms with E-state index in [-0.39, 0.29) is 0 Å². The average Bonchev–Trinajstić information content (AvgIpc) is 3.03. The lowest BCUT2D eigenvalue weighted by Gasteiger charge is -2.34. The molecule has 0 spiro atoms. The van der Waals surface area contributed by atoms with Gasteiger partial charge in [0, 0.05) is 36.9 Å². The molecule has 1 unspecified atom stereocenters. The summed E-state index contributed by atoms with van der Waals surface area (Å²) < 4.78 is 1.99. The Morgan fingerprint density at radius 3 is 2.87 bits per heavy atom. The van der Waals surface area contributed by atoms with Gasteiger partial charge in [0.15, 0.2) is 0 Å². The molecule has 0 aromatic carbocycles. The largest absolute Gasteiger partial charge is 0.300 e. The van der Waals surface area contributed by atoms with Crippen LogP contribution in [0.3, 0.4) is 0 Å². The molecule has 5 nitrogen and oxygen atoms in total. The minimum atomic E-state index is 0.433. The van der Waals surface area contributed by atoms with Crippen molar-refractivity contribution >= 4 is 0 Å². The van der Waals surface area contributed by atoms with Crippen LogP contribution in [0.25, 0.3) is 11.4 Å². The standard InChI is InChI=1S/C18H27N5/c1-5-23-17(8-9-19-23)16-11-14(4)20-18(21-16)15-7-6-10-22(12-15)13(2)3/h8-9,11,13,15H,5-7,10,12H2,1-4H3. The summed E-state index contributed by atoms with van der Waals surface area (Å²) in [5.74, 6) is 1.43. The summed E-state index contributed by atoms with van der Waals surface area (Å²) in [6.07, 6.45) is 4.25. The Kier molecular flexibility index (Phi) is 4.76. The van der Waals surface area contributed by atoms with E-state index in [1.165, 1.54) is 19.4 Å². The second-order valence-corrected chi connectivity index (χ2v) is 6.71. The molecule has 1 saturated heterocycles. The average molecular weight is 313 g/mol. The maximum Gasteiger partial charge on any atom is 0.133 e. The minimum absolute atomic E-state index is 0.433. The van der Waals surface area contributed by atoms with Crippen molar-refractivity contribution in [3.63, 3.8) is 0 Å². The van der Waals surface area contributed by atoms with Crippen molar-refractivity contribution in [3.8, 4) is 11.4 Å². The number of rotatable bonds is 4. The van der Waals surface area contributed by atoms with Crippen LogP contribution in [0.1, 0.15) is 51.0 Å². The highest BCUT2D eigenvalue weighted by atomic mass is 15.3. The van der Waals surface area contributed by atoms with Crippen LogP contribution in [0, 0.1) is 6.92 Å². The summed E-state index contributed by atoms with van der Waals surface area (Å²) in [6, 6.07) is 4.69. The first kappa shape index (κ1) is 16.1. The molecule has 23 heavy (non-hydrogen) atoms. The Balaban J connectivity index is 1.91. The zero-order valence-corrected chi connectivity index (χ0v) is 14.7. The normalized spacial score (nSPS) is 19.4. The fourth-order valence-corrected chi connectivity index (χ4v) is 3.39. The van der Waals surface area contributed by atoms with Gasteiger partial charge < -0.3 is 4.90 Å². The van der Waals surface area contributed by atoms with Crippen LogP contribution in [-0.2, 0) is 6.54 Å². The van der Waals surface area contributed by atoms with Gasteiger partial charge in [0.25, 0.3) is 0 Å². The van der Waals surface area contributed by atoms with Crippen molar-refractivity contribution in [3.05, 3.63) is 29.8 Å². The van der Waals surface area contributed by atoms with Crippen LogP contribution >= 0.6 is 0 Å². The van der Waals surface area contributed by atoms with E-state index < -0.39 is 0 Å². The van der Waals surface area contributed by atoms with Crippen molar-refractivity contribution in [2.24, 2.45) is 0 Å². The molecule has 2 aromatic heterocycles. The second-order valence-electron chi connectivity index (χ2n) is 6.71. The predicted molar refractivity (Wildman–Crippen MR) is 92.3 cm³/mol. The zero-order valence-electron chi connectivity index (χ0n) is 14.7. The van der Waals surface area contributed by atoms with Crippen LogP contribution in [0.15, 0.2) is 18.3 Å². The Morgan fingerprint density at radius 1 is 1.30 bits per heavy atom. The van der Waals surface area contributed by atoms with Gasteiger partial charge in [0.1, 0.15) is 5.82 Å². The Bertz CT molecular complexity index is 661. The summed E-state index contributed by atoms with van der Waals surface area (Å²) in [7, 11) is 0. The fraction of sp³-hybridized carbons (Fsp3) is 0.611. The molecule has 0 saturated carbocycles. The molecule has 5 heteroatoms. The quantitative estimate of drug-likeness (QED) is 0.869. The third-order valence-corrected chi connectivity index (χ3v) is 4.70. The van der Waals surface area contributed by atoms with Gasteiger partial charge in [0.2, 0.25) is 0 Å². The van der Waals surface area contributed by atoms with Gasteiger partial charge in [-0.25, -0.2) is 9.97 Å². The van der Waals surface area contributed by atoms with E-state index in [4.69, 9.17) is 9.97 Å².